The van der Waals surface area contributed by atoms with Crippen LogP contribution in [0.4, 0.5) is 5.69 Å². The minimum atomic E-state index is -0.0285. The number of hydrogen-bond acceptors (Lipinski definition) is 3. The van der Waals surface area contributed by atoms with E-state index in [0.717, 1.165) is 17.9 Å². The molecule has 2 aromatic carbocycles. The Balaban J connectivity index is 1.77. The first-order valence-electron chi connectivity index (χ1n) is 9.59. The maximum absolute atomic E-state index is 12.8. The number of allylic oxidation sites excluding steroid dienone is 2. The summed E-state index contributed by atoms with van der Waals surface area (Å²) in [5.41, 5.74) is 4.08. The SMILES string of the molecule is COc1cccc(C2Nc3c(C(=O)NC(C)C)cccc3C3C=CCC32)c1. The quantitative estimate of drug-likeness (QED) is 0.778. The van der Waals surface area contributed by atoms with Crippen LogP contribution in [0.25, 0.3) is 0 Å². The molecular formula is C23H26N2O2. The Labute approximate surface area is 160 Å². The van der Waals surface area contributed by atoms with E-state index in [0.29, 0.717) is 17.4 Å². The Morgan fingerprint density at radius 1 is 1.22 bits per heavy atom. The molecule has 1 aliphatic carbocycles. The molecule has 2 aromatic rings. The summed E-state index contributed by atoms with van der Waals surface area (Å²) in [4.78, 5) is 12.8. The highest BCUT2D eigenvalue weighted by Gasteiger charge is 2.39. The van der Waals surface area contributed by atoms with Crippen LogP contribution in [-0.4, -0.2) is 19.1 Å². The van der Waals surface area contributed by atoms with Gasteiger partial charge in [0.25, 0.3) is 5.91 Å². The standard InChI is InChI=1S/C23H26N2O2/c1-14(2)24-23(26)20-12-6-11-19-17-9-5-10-18(17)21(25-22(19)20)15-7-4-8-16(13-15)27-3/h4-9,11-14,17-18,21,25H,10H2,1-3H3,(H,24,26). The molecule has 0 saturated carbocycles. The molecule has 0 saturated heterocycles. The van der Waals surface area contributed by atoms with Crippen LogP contribution in [0, 0.1) is 5.92 Å². The molecule has 0 fully saturated rings. The smallest absolute Gasteiger partial charge is 0.253 e. The zero-order valence-electron chi connectivity index (χ0n) is 16.0. The number of methoxy groups -OCH3 is 1. The van der Waals surface area contributed by atoms with Gasteiger partial charge in [-0.3, -0.25) is 4.79 Å². The van der Waals surface area contributed by atoms with Gasteiger partial charge in [-0.1, -0.05) is 36.4 Å². The van der Waals surface area contributed by atoms with Crippen molar-refractivity contribution in [3.05, 3.63) is 71.3 Å². The predicted octanol–water partition coefficient (Wildman–Crippen LogP) is 4.66. The Hall–Kier alpha value is -2.75. The van der Waals surface area contributed by atoms with Crippen LogP contribution < -0.4 is 15.4 Å². The van der Waals surface area contributed by atoms with Crippen LogP contribution in [0.3, 0.4) is 0 Å². The van der Waals surface area contributed by atoms with Gasteiger partial charge in [0.05, 0.1) is 24.4 Å². The average molecular weight is 362 g/mol. The fourth-order valence-electron chi connectivity index (χ4n) is 4.32. The van der Waals surface area contributed by atoms with Crippen molar-refractivity contribution in [2.75, 3.05) is 12.4 Å². The lowest BCUT2D eigenvalue weighted by Crippen LogP contribution is -2.34. The largest absolute Gasteiger partial charge is 0.497 e. The van der Waals surface area contributed by atoms with E-state index in [9.17, 15) is 4.79 Å². The third-order valence-corrected chi connectivity index (χ3v) is 5.51. The molecule has 0 radical (unpaired) electrons. The molecule has 1 amide bonds. The van der Waals surface area contributed by atoms with Gasteiger partial charge in [-0.05, 0) is 55.5 Å². The lowest BCUT2D eigenvalue weighted by molar-refractivity contribution is 0.0943. The Bertz CT molecular complexity index is 888. The number of para-hydroxylation sites is 1. The summed E-state index contributed by atoms with van der Waals surface area (Å²) in [6.07, 6.45) is 5.59. The topological polar surface area (TPSA) is 50.4 Å². The van der Waals surface area contributed by atoms with E-state index in [-0.39, 0.29) is 18.0 Å². The molecule has 27 heavy (non-hydrogen) atoms. The first kappa shape index (κ1) is 17.7. The van der Waals surface area contributed by atoms with Gasteiger partial charge in [0, 0.05) is 12.0 Å². The summed E-state index contributed by atoms with van der Waals surface area (Å²) in [5.74, 6) is 1.59. The first-order valence-corrected chi connectivity index (χ1v) is 9.59. The van der Waals surface area contributed by atoms with Crippen molar-refractivity contribution >= 4 is 11.6 Å². The van der Waals surface area contributed by atoms with E-state index in [4.69, 9.17) is 4.74 Å². The van der Waals surface area contributed by atoms with Crippen molar-refractivity contribution in [1.29, 1.82) is 0 Å². The molecular weight excluding hydrogens is 336 g/mol. The summed E-state index contributed by atoms with van der Waals surface area (Å²) >= 11 is 0. The normalized spacial score (nSPS) is 22.7. The van der Waals surface area contributed by atoms with Crippen LogP contribution in [-0.2, 0) is 0 Å². The van der Waals surface area contributed by atoms with E-state index >= 15 is 0 Å². The minimum absolute atomic E-state index is 0.0285. The fraction of sp³-hybridized carbons (Fsp3) is 0.348. The fourth-order valence-corrected chi connectivity index (χ4v) is 4.32. The minimum Gasteiger partial charge on any atom is -0.497 e. The molecule has 1 heterocycles. The van der Waals surface area contributed by atoms with Crippen LogP contribution in [0.2, 0.25) is 0 Å². The molecule has 4 nitrogen and oxygen atoms in total. The Morgan fingerprint density at radius 2 is 2.04 bits per heavy atom. The maximum Gasteiger partial charge on any atom is 0.253 e. The highest BCUT2D eigenvalue weighted by Crippen LogP contribution is 2.50. The maximum atomic E-state index is 12.8. The number of hydrogen-bond donors (Lipinski definition) is 2. The van der Waals surface area contributed by atoms with E-state index in [1.54, 1.807) is 7.11 Å². The van der Waals surface area contributed by atoms with Gasteiger partial charge < -0.3 is 15.4 Å². The summed E-state index contributed by atoms with van der Waals surface area (Å²) in [5, 5.41) is 6.73. The number of amides is 1. The van der Waals surface area contributed by atoms with E-state index in [2.05, 4.69) is 41.0 Å². The second-order valence-corrected chi connectivity index (χ2v) is 7.65. The summed E-state index contributed by atoms with van der Waals surface area (Å²) in [6.45, 7) is 3.96. The third kappa shape index (κ3) is 3.20. The number of nitrogens with one attached hydrogen (secondary N) is 2. The molecule has 3 atom stereocenters. The third-order valence-electron chi connectivity index (χ3n) is 5.51. The Kier molecular flexibility index (Phi) is 4.65. The lowest BCUT2D eigenvalue weighted by atomic mass is 9.76. The van der Waals surface area contributed by atoms with E-state index in [1.807, 2.05) is 38.1 Å². The van der Waals surface area contributed by atoms with Crippen LogP contribution in [0.5, 0.6) is 5.75 Å². The second kappa shape index (κ2) is 7.10. The predicted molar refractivity (Wildman–Crippen MR) is 108 cm³/mol. The number of carbonyl (C=O) groups excluding carboxylic acids is 1. The number of anilines is 1. The highest BCUT2D eigenvalue weighted by molar-refractivity contribution is 6.01. The summed E-state index contributed by atoms with van der Waals surface area (Å²) in [6, 6.07) is 14.5. The van der Waals surface area contributed by atoms with Gasteiger partial charge in [0.2, 0.25) is 0 Å². The summed E-state index contributed by atoms with van der Waals surface area (Å²) in [7, 11) is 1.69. The van der Waals surface area contributed by atoms with E-state index in [1.165, 1.54) is 11.1 Å². The summed E-state index contributed by atoms with van der Waals surface area (Å²) < 4.78 is 5.42. The molecule has 2 aliphatic rings. The van der Waals surface area contributed by atoms with Crippen molar-refractivity contribution in [2.24, 2.45) is 5.92 Å². The zero-order chi connectivity index (χ0) is 19.0. The molecule has 4 rings (SSSR count). The molecule has 140 valence electrons. The van der Waals surface area contributed by atoms with E-state index < -0.39 is 0 Å². The monoisotopic (exact) mass is 362 g/mol. The number of fused-ring (bicyclic) bond motifs is 3. The van der Waals surface area contributed by atoms with Crippen molar-refractivity contribution in [1.82, 2.24) is 5.32 Å². The first-order chi connectivity index (χ1) is 13.1. The van der Waals surface area contributed by atoms with Gasteiger partial charge in [0.15, 0.2) is 0 Å². The van der Waals surface area contributed by atoms with Gasteiger partial charge >= 0.3 is 0 Å². The molecule has 3 unspecified atom stereocenters. The van der Waals surface area contributed by atoms with Crippen molar-refractivity contribution in [3.63, 3.8) is 0 Å². The second-order valence-electron chi connectivity index (χ2n) is 7.65. The van der Waals surface area contributed by atoms with Gasteiger partial charge in [-0.15, -0.1) is 0 Å². The van der Waals surface area contributed by atoms with Crippen molar-refractivity contribution < 1.29 is 9.53 Å². The molecule has 0 aromatic heterocycles. The van der Waals surface area contributed by atoms with Crippen LogP contribution in [0.15, 0.2) is 54.6 Å². The van der Waals surface area contributed by atoms with Crippen molar-refractivity contribution in [2.45, 2.75) is 38.3 Å². The number of rotatable bonds is 4. The van der Waals surface area contributed by atoms with Crippen molar-refractivity contribution in [3.8, 4) is 5.75 Å². The molecule has 0 spiro atoms. The lowest BCUT2D eigenvalue weighted by Gasteiger charge is -2.38. The average Bonchev–Trinajstić information content (AvgIpc) is 3.16. The van der Waals surface area contributed by atoms with Gasteiger partial charge in [-0.2, -0.15) is 0 Å². The Morgan fingerprint density at radius 3 is 2.81 bits per heavy atom. The number of ether oxygens (including phenoxy) is 1. The molecule has 0 bridgehead atoms. The molecule has 1 aliphatic heterocycles. The van der Waals surface area contributed by atoms with Crippen LogP contribution >= 0.6 is 0 Å². The highest BCUT2D eigenvalue weighted by atomic mass is 16.5. The number of benzene rings is 2. The number of carbonyl (C=O) groups is 1. The molecule has 2 N–H and O–H groups in total. The van der Waals surface area contributed by atoms with Gasteiger partial charge in [0.1, 0.15) is 5.75 Å². The molecule has 4 heteroatoms. The zero-order valence-corrected chi connectivity index (χ0v) is 16.0. The van der Waals surface area contributed by atoms with Crippen LogP contribution in [0.1, 0.15) is 53.7 Å². The van der Waals surface area contributed by atoms with Gasteiger partial charge in [-0.25, -0.2) is 0 Å².